The van der Waals surface area contributed by atoms with Gasteiger partial charge in [0.15, 0.2) is 23.0 Å². The minimum atomic E-state index is -0.105. The molecule has 122 valence electrons. The first-order valence-corrected chi connectivity index (χ1v) is 8.31. The number of rotatable bonds is 1. The molecule has 0 spiro atoms. The van der Waals surface area contributed by atoms with Crippen LogP contribution in [0.3, 0.4) is 0 Å². The second-order valence-electron chi connectivity index (χ2n) is 5.82. The topological polar surface area (TPSA) is 66.0 Å². The number of ether oxygens (including phenoxy) is 4. The zero-order valence-corrected chi connectivity index (χ0v) is 14.0. The maximum atomic E-state index is 12.2. The lowest BCUT2D eigenvalue weighted by Gasteiger charge is -2.27. The van der Waals surface area contributed by atoms with Crippen molar-refractivity contribution < 1.29 is 23.7 Å². The van der Waals surface area contributed by atoms with E-state index in [4.69, 9.17) is 18.9 Å². The van der Waals surface area contributed by atoms with E-state index >= 15 is 0 Å². The summed E-state index contributed by atoms with van der Waals surface area (Å²) in [6.45, 7) is 0.413. The maximum absolute atomic E-state index is 12.2. The highest BCUT2D eigenvalue weighted by Crippen LogP contribution is 2.48. The predicted molar refractivity (Wildman–Crippen MR) is 87.9 cm³/mol. The van der Waals surface area contributed by atoms with Crippen LogP contribution in [0, 0.1) is 0 Å². The van der Waals surface area contributed by atoms with Crippen LogP contribution in [0.15, 0.2) is 28.7 Å². The summed E-state index contributed by atoms with van der Waals surface area (Å²) in [5.74, 6) is 2.62. The molecule has 0 aliphatic carbocycles. The van der Waals surface area contributed by atoms with Crippen molar-refractivity contribution in [3.8, 4) is 23.0 Å². The second-order valence-corrected chi connectivity index (χ2v) is 6.68. The van der Waals surface area contributed by atoms with Gasteiger partial charge in [0.2, 0.25) is 19.5 Å². The smallest absolute Gasteiger partial charge is 0.231 e. The molecule has 1 unspecified atom stereocenters. The zero-order chi connectivity index (χ0) is 16.3. The number of hydrogen-bond acceptors (Lipinski definition) is 5. The summed E-state index contributed by atoms with van der Waals surface area (Å²) in [5.41, 5.74) is 2.73. The number of amides is 1. The van der Waals surface area contributed by atoms with Gasteiger partial charge in [0, 0.05) is 28.6 Å². The first-order chi connectivity index (χ1) is 11.7. The molecule has 0 radical (unpaired) electrons. The van der Waals surface area contributed by atoms with Crippen molar-refractivity contribution in [1.82, 2.24) is 0 Å². The normalized spacial score (nSPS) is 19.9. The van der Waals surface area contributed by atoms with Crippen LogP contribution in [0.1, 0.15) is 23.5 Å². The molecule has 0 aromatic heterocycles. The van der Waals surface area contributed by atoms with E-state index in [0.717, 1.165) is 21.3 Å². The van der Waals surface area contributed by atoms with Gasteiger partial charge in [0.05, 0.1) is 0 Å². The molecule has 1 amide bonds. The number of benzene rings is 2. The molecule has 0 saturated heterocycles. The molecule has 2 aromatic rings. The van der Waals surface area contributed by atoms with Crippen LogP contribution in [0.5, 0.6) is 23.0 Å². The van der Waals surface area contributed by atoms with E-state index in [0.29, 0.717) is 29.4 Å². The molecule has 6 nitrogen and oxygen atoms in total. The van der Waals surface area contributed by atoms with Crippen LogP contribution in [0.25, 0.3) is 0 Å². The SMILES string of the molecule is O=C1CC(c2cc3c(cc2Br)OCO3)c2cc3c(cc2N1)OCO3. The number of carbonyl (C=O) groups is 1. The highest BCUT2D eigenvalue weighted by Gasteiger charge is 2.32. The van der Waals surface area contributed by atoms with E-state index in [-0.39, 0.29) is 25.4 Å². The molecular weight excluding hydrogens is 378 g/mol. The minimum Gasteiger partial charge on any atom is -0.454 e. The van der Waals surface area contributed by atoms with E-state index in [1.165, 1.54) is 0 Å². The second kappa shape index (κ2) is 5.04. The van der Waals surface area contributed by atoms with Gasteiger partial charge in [0.25, 0.3) is 0 Å². The van der Waals surface area contributed by atoms with Gasteiger partial charge in [-0.2, -0.15) is 0 Å². The number of fused-ring (bicyclic) bond motifs is 3. The average molecular weight is 390 g/mol. The third kappa shape index (κ3) is 2.04. The van der Waals surface area contributed by atoms with Gasteiger partial charge in [0.1, 0.15) is 0 Å². The molecule has 0 saturated carbocycles. The van der Waals surface area contributed by atoms with Crippen molar-refractivity contribution in [1.29, 1.82) is 0 Å². The largest absolute Gasteiger partial charge is 0.454 e. The summed E-state index contributed by atoms with van der Waals surface area (Å²) in [6, 6.07) is 7.59. The summed E-state index contributed by atoms with van der Waals surface area (Å²) >= 11 is 3.60. The maximum Gasteiger partial charge on any atom is 0.231 e. The molecule has 5 rings (SSSR count). The van der Waals surface area contributed by atoms with Crippen LogP contribution < -0.4 is 24.3 Å². The fraction of sp³-hybridized carbons (Fsp3) is 0.235. The summed E-state index contributed by atoms with van der Waals surface area (Å²) in [5, 5.41) is 2.92. The van der Waals surface area contributed by atoms with Crippen molar-refractivity contribution in [3.05, 3.63) is 39.9 Å². The molecule has 1 N–H and O–H groups in total. The van der Waals surface area contributed by atoms with Crippen LogP contribution in [-0.4, -0.2) is 19.5 Å². The Morgan fingerprint density at radius 2 is 1.46 bits per heavy atom. The van der Waals surface area contributed by atoms with Crippen molar-refractivity contribution in [3.63, 3.8) is 0 Å². The molecule has 0 fully saturated rings. The van der Waals surface area contributed by atoms with Crippen LogP contribution in [0.2, 0.25) is 0 Å². The highest BCUT2D eigenvalue weighted by atomic mass is 79.9. The lowest BCUT2D eigenvalue weighted by Crippen LogP contribution is -2.23. The molecule has 24 heavy (non-hydrogen) atoms. The Hall–Kier alpha value is -2.41. The van der Waals surface area contributed by atoms with Gasteiger partial charge < -0.3 is 24.3 Å². The summed E-state index contributed by atoms with van der Waals surface area (Å²) in [7, 11) is 0. The summed E-state index contributed by atoms with van der Waals surface area (Å²) in [4.78, 5) is 12.2. The van der Waals surface area contributed by atoms with Gasteiger partial charge in [-0.05, 0) is 29.3 Å². The first-order valence-electron chi connectivity index (χ1n) is 7.51. The third-order valence-corrected chi connectivity index (χ3v) is 5.14. The molecule has 1 atom stereocenters. The molecule has 2 aromatic carbocycles. The number of hydrogen-bond donors (Lipinski definition) is 1. The van der Waals surface area contributed by atoms with Crippen LogP contribution in [0.4, 0.5) is 5.69 Å². The first kappa shape index (κ1) is 14.0. The van der Waals surface area contributed by atoms with Crippen LogP contribution in [-0.2, 0) is 4.79 Å². The van der Waals surface area contributed by atoms with Gasteiger partial charge >= 0.3 is 0 Å². The van der Waals surface area contributed by atoms with Crippen molar-refractivity contribution >= 4 is 27.5 Å². The molecular formula is C17H12BrNO5. The van der Waals surface area contributed by atoms with E-state index in [2.05, 4.69) is 21.2 Å². The van der Waals surface area contributed by atoms with Gasteiger partial charge in [-0.25, -0.2) is 0 Å². The number of carbonyl (C=O) groups excluding carboxylic acids is 1. The monoisotopic (exact) mass is 389 g/mol. The standard InChI is InChI=1S/C17H12BrNO5/c18-11-4-15-13(21-6-23-15)1-9(11)8-3-17(20)19-12-5-16-14(2-10(8)12)22-7-24-16/h1-2,4-5,8H,3,6-7H2,(H,19,20). The van der Waals surface area contributed by atoms with E-state index in [1.54, 1.807) is 0 Å². The van der Waals surface area contributed by atoms with Gasteiger partial charge in [-0.15, -0.1) is 0 Å². The fourth-order valence-electron chi connectivity index (χ4n) is 3.33. The number of anilines is 1. The lowest BCUT2D eigenvalue weighted by atomic mass is 9.84. The van der Waals surface area contributed by atoms with Gasteiger partial charge in [-0.3, -0.25) is 4.79 Å². The van der Waals surface area contributed by atoms with Crippen molar-refractivity contribution in [2.75, 3.05) is 18.9 Å². The Morgan fingerprint density at radius 1 is 0.875 bits per heavy atom. The highest BCUT2D eigenvalue weighted by molar-refractivity contribution is 9.10. The molecule has 3 aliphatic rings. The average Bonchev–Trinajstić information content (AvgIpc) is 3.19. The Bertz CT molecular complexity index is 882. The Balaban J connectivity index is 1.66. The number of halogens is 1. The molecule has 3 heterocycles. The van der Waals surface area contributed by atoms with E-state index in [1.807, 2.05) is 24.3 Å². The number of nitrogens with one attached hydrogen (secondary N) is 1. The fourth-order valence-corrected chi connectivity index (χ4v) is 3.93. The zero-order valence-electron chi connectivity index (χ0n) is 12.4. The summed E-state index contributed by atoms with van der Waals surface area (Å²) in [6.07, 6.45) is 0.352. The lowest BCUT2D eigenvalue weighted by molar-refractivity contribution is -0.116. The molecule has 3 aliphatic heterocycles. The molecule has 7 heteroatoms. The van der Waals surface area contributed by atoms with Crippen LogP contribution >= 0.6 is 15.9 Å². The predicted octanol–water partition coefficient (Wildman–Crippen LogP) is 3.38. The Kier molecular flexibility index (Phi) is 2.94. The summed E-state index contributed by atoms with van der Waals surface area (Å²) < 4.78 is 22.7. The van der Waals surface area contributed by atoms with E-state index < -0.39 is 0 Å². The third-order valence-electron chi connectivity index (χ3n) is 4.45. The Morgan fingerprint density at radius 3 is 2.17 bits per heavy atom. The van der Waals surface area contributed by atoms with E-state index in [9.17, 15) is 4.79 Å². The van der Waals surface area contributed by atoms with Gasteiger partial charge in [-0.1, -0.05) is 15.9 Å². The quantitative estimate of drug-likeness (QED) is 0.809. The minimum absolute atomic E-state index is 0.0315. The molecule has 0 bridgehead atoms. The van der Waals surface area contributed by atoms with Crippen molar-refractivity contribution in [2.45, 2.75) is 12.3 Å². The Labute approximate surface area is 145 Å². The van der Waals surface area contributed by atoms with Crippen molar-refractivity contribution in [2.24, 2.45) is 0 Å².